The van der Waals surface area contributed by atoms with E-state index in [1.54, 1.807) is 6.08 Å². The van der Waals surface area contributed by atoms with E-state index in [0.29, 0.717) is 22.8 Å². The van der Waals surface area contributed by atoms with Crippen LogP contribution in [0.4, 0.5) is 0 Å². The molecule has 258 valence electrons. The van der Waals surface area contributed by atoms with Gasteiger partial charge in [-0.25, -0.2) is 0 Å². The van der Waals surface area contributed by atoms with Crippen LogP contribution in [-0.2, 0) is 6.42 Å². The van der Waals surface area contributed by atoms with Gasteiger partial charge in [0.2, 0.25) is 0 Å². The summed E-state index contributed by atoms with van der Waals surface area (Å²) in [6.45, 7) is 19.2. The van der Waals surface area contributed by atoms with Crippen LogP contribution in [0.3, 0.4) is 0 Å². The summed E-state index contributed by atoms with van der Waals surface area (Å²) in [5, 5.41) is 0. The minimum absolute atomic E-state index is 0.00632. The molecular formula is C41H64O5. The van der Waals surface area contributed by atoms with Gasteiger partial charge in [-0.15, -0.1) is 0 Å². The van der Waals surface area contributed by atoms with Gasteiger partial charge in [0, 0.05) is 5.56 Å². The molecule has 2 aromatic carbocycles. The molecule has 0 radical (unpaired) electrons. The van der Waals surface area contributed by atoms with Gasteiger partial charge in [-0.05, 0) is 102 Å². The van der Waals surface area contributed by atoms with E-state index in [2.05, 4.69) is 74.4 Å². The Bertz CT molecular complexity index is 1190. The van der Waals surface area contributed by atoms with Crippen molar-refractivity contribution in [3.05, 3.63) is 53.1 Å². The summed E-state index contributed by atoms with van der Waals surface area (Å²) in [5.74, 6) is 2.24. The highest BCUT2D eigenvalue weighted by atomic mass is 16.5. The van der Waals surface area contributed by atoms with E-state index in [1.807, 2.05) is 24.3 Å². The summed E-state index contributed by atoms with van der Waals surface area (Å²) < 4.78 is 26.0. The molecule has 0 aliphatic heterocycles. The maximum absolute atomic E-state index is 14.3. The lowest BCUT2D eigenvalue weighted by atomic mass is 10.0. The Morgan fingerprint density at radius 3 is 1.54 bits per heavy atom. The van der Waals surface area contributed by atoms with Crippen LogP contribution in [-0.4, -0.2) is 30.2 Å². The SMILES string of the molecule is CCCCC(C)Oc1ccc(CC)cc1C=CC(=O)c1c(OC(C)CCCC)ccc(OC(C)CCCC)c1OC(C)CCCC. The topological polar surface area (TPSA) is 54.0 Å². The van der Waals surface area contributed by atoms with Crippen LogP contribution < -0.4 is 18.9 Å². The molecule has 0 saturated heterocycles. The molecule has 2 aromatic rings. The number of ketones is 1. The van der Waals surface area contributed by atoms with Crippen LogP contribution >= 0.6 is 0 Å². The Morgan fingerprint density at radius 2 is 1.04 bits per heavy atom. The molecular weight excluding hydrogens is 572 g/mol. The number of hydrogen-bond acceptors (Lipinski definition) is 5. The zero-order valence-electron chi connectivity index (χ0n) is 30.6. The van der Waals surface area contributed by atoms with Crippen LogP contribution in [0.1, 0.15) is 161 Å². The number of rotatable bonds is 24. The molecule has 4 unspecified atom stereocenters. The third-order valence-corrected chi connectivity index (χ3v) is 8.39. The summed E-state index contributed by atoms with van der Waals surface area (Å²) in [6, 6.07) is 10.1. The minimum Gasteiger partial charge on any atom is -0.490 e. The molecule has 0 saturated carbocycles. The lowest BCUT2D eigenvalue weighted by Gasteiger charge is -2.25. The quantitative estimate of drug-likeness (QED) is 0.0847. The summed E-state index contributed by atoms with van der Waals surface area (Å²) in [6.07, 6.45) is 16.8. The first-order valence-electron chi connectivity index (χ1n) is 18.4. The van der Waals surface area contributed by atoms with E-state index in [1.165, 1.54) is 5.56 Å². The van der Waals surface area contributed by atoms with Crippen molar-refractivity contribution in [1.29, 1.82) is 0 Å². The largest absolute Gasteiger partial charge is 0.490 e. The van der Waals surface area contributed by atoms with Gasteiger partial charge in [0.1, 0.15) is 17.1 Å². The van der Waals surface area contributed by atoms with Gasteiger partial charge in [0.15, 0.2) is 17.3 Å². The molecule has 5 heteroatoms. The molecule has 46 heavy (non-hydrogen) atoms. The zero-order chi connectivity index (χ0) is 33.9. The summed E-state index contributed by atoms with van der Waals surface area (Å²) in [5.41, 5.74) is 2.52. The second kappa shape index (κ2) is 21.8. The van der Waals surface area contributed by atoms with Crippen molar-refractivity contribution in [3.63, 3.8) is 0 Å². The number of aryl methyl sites for hydroxylation is 1. The summed E-state index contributed by atoms with van der Waals surface area (Å²) >= 11 is 0. The smallest absolute Gasteiger partial charge is 0.193 e. The van der Waals surface area contributed by atoms with E-state index in [-0.39, 0.29) is 30.2 Å². The molecule has 0 heterocycles. The zero-order valence-corrected chi connectivity index (χ0v) is 30.6. The Balaban J connectivity index is 2.63. The predicted octanol–water partition coefficient (Wildman–Crippen LogP) is 12.0. The molecule has 0 aromatic heterocycles. The first kappa shape index (κ1) is 39.2. The van der Waals surface area contributed by atoms with Crippen LogP contribution in [0.15, 0.2) is 36.4 Å². The van der Waals surface area contributed by atoms with E-state index >= 15 is 0 Å². The molecule has 0 N–H and O–H groups in total. The van der Waals surface area contributed by atoms with Gasteiger partial charge in [0.05, 0.1) is 24.4 Å². The van der Waals surface area contributed by atoms with Crippen molar-refractivity contribution in [3.8, 4) is 23.0 Å². The van der Waals surface area contributed by atoms with E-state index < -0.39 is 0 Å². The lowest BCUT2D eigenvalue weighted by molar-refractivity contribution is 0.102. The summed E-state index contributed by atoms with van der Waals surface area (Å²) in [7, 11) is 0. The van der Waals surface area contributed by atoms with Crippen LogP contribution in [0, 0.1) is 0 Å². The van der Waals surface area contributed by atoms with Crippen LogP contribution in [0.2, 0.25) is 0 Å². The van der Waals surface area contributed by atoms with Crippen molar-refractivity contribution in [1.82, 2.24) is 0 Å². The molecule has 0 bridgehead atoms. The van der Waals surface area contributed by atoms with Gasteiger partial charge >= 0.3 is 0 Å². The Kier molecular flexibility index (Phi) is 18.6. The molecule has 4 atom stereocenters. The predicted molar refractivity (Wildman–Crippen MR) is 194 cm³/mol. The number of allylic oxidation sites excluding steroid dienone is 1. The highest BCUT2D eigenvalue weighted by Crippen LogP contribution is 2.41. The van der Waals surface area contributed by atoms with Crippen molar-refractivity contribution in [2.75, 3.05) is 0 Å². The molecule has 0 spiro atoms. The molecule has 2 rings (SSSR count). The highest BCUT2D eigenvalue weighted by molar-refractivity contribution is 6.11. The first-order chi connectivity index (χ1) is 22.2. The first-order valence-corrected chi connectivity index (χ1v) is 18.4. The standard InChI is InChI=1S/C41H64O5/c1-10-15-19-30(6)43-37-26-23-34(14-5)29-35(37)24-25-36(42)40-38(44-31(7)20-16-11-2)27-28-39(45-32(8)21-17-12-3)41(40)46-33(9)22-18-13-4/h23-33H,10-22H2,1-9H3. The second-order valence-electron chi connectivity index (χ2n) is 13.0. The number of hydrogen-bond donors (Lipinski definition) is 0. The minimum atomic E-state index is -0.172. The van der Waals surface area contributed by atoms with Gasteiger partial charge in [-0.2, -0.15) is 0 Å². The number of carbonyl (C=O) groups excluding carboxylic acids is 1. The van der Waals surface area contributed by atoms with Gasteiger partial charge in [-0.1, -0.05) is 92.1 Å². The van der Waals surface area contributed by atoms with E-state index in [4.69, 9.17) is 18.9 Å². The van der Waals surface area contributed by atoms with E-state index in [0.717, 1.165) is 94.8 Å². The van der Waals surface area contributed by atoms with Crippen molar-refractivity contribution >= 4 is 11.9 Å². The van der Waals surface area contributed by atoms with Crippen LogP contribution in [0.5, 0.6) is 23.0 Å². The molecule has 0 aliphatic carbocycles. The molecule has 0 fully saturated rings. The fourth-order valence-corrected chi connectivity index (χ4v) is 5.44. The molecule has 0 aliphatic rings. The number of carbonyl (C=O) groups is 1. The number of ether oxygens (including phenoxy) is 4. The summed E-state index contributed by atoms with van der Waals surface area (Å²) in [4.78, 5) is 14.3. The van der Waals surface area contributed by atoms with Crippen LogP contribution in [0.25, 0.3) is 6.08 Å². The molecule has 5 nitrogen and oxygen atoms in total. The van der Waals surface area contributed by atoms with Gasteiger partial charge in [0.25, 0.3) is 0 Å². The highest BCUT2D eigenvalue weighted by Gasteiger charge is 2.26. The normalized spacial score (nSPS) is 14.1. The Labute approximate surface area is 281 Å². The third kappa shape index (κ3) is 13.4. The molecule has 0 amide bonds. The maximum atomic E-state index is 14.3. The maximum Gasteiger partial charge on any atom is 0.193 e. The number of benzene rings is 2. The van der Waals surface area contributed by atoms with Gasteiger partial charge in [-0.3, -0.25) is 4.79 Å². The average Bonchev–Trinajstić information content (AvgIpc) is 3.04. The lowest BCUT2D eigenvalue weighted by Crippen LogP contribution is -2.19. The fourth-order valence-electron chi connectivity index (χ4n) is 5.44. The van der Waals surface area contributed by atoms with Crippen molar-refractivity contribution in [2.45, 2.75) is 170 Å². The average molecular weight is 637 g/mol. The van der Waals surface area contributed by atoms with Crippen molar-refractivity contribution in [2.24, 2.45) is 0 Å². The third-order valence-electron chi connectivity index (χ3n) is 8.39. The number of unbranched alkanes of at least 4 members (excludes halogenated alkanes) is 4. The monoisotopic (exact) mass is 636 g/mol. The fraction of sp³-hybridized carbons (Fsp3) is 0.634. The van der Waals surface area contributed by atoms with Crippen molar-refractivity contribution < 1.29 is 23.7 Å². The Morgan fingerprint density at radius 1 is 0.609 bits per heavy atom. The van der Waals surface area contributed by atoms with E-state index in [9.17, 15) is 4.79 Å². The Hall–Kier alpha value is -2.95. The van der Waals surface area contributed by atoms with Gasteiger partial charge < -0.3 is 18.9 Å². The second-order valence-corrected chi connectivity index (χ2v) is 13.0.